The van der Waals surface area contributed by atoms with Crippen molar-refractivity contribution in [1.29, 1.82) is 0 Å². The van der Waals surface area contributed by atoms with Gasteiger partial charge in [0.25, 0.3) is 10.0 Å². The summed E-state index contributed by atoms with van der Waals surface area (Å²) in [4.78, 5) is -0.268. The van der Waals surface area contributed by atoms with Gasteiger partial charge in [-0.15, -0.1) is 0 Å². The zero-order chi connectivity index (χ0) is 15.8. The van der Waals surface area contributed by atoms with Gasteiger partial charge in [-0.3, -0.25) is 4.72 Å². The van der Waals surface area contributed by atoms with Gasteiger partial charge < -0.3 is 5.73 Å². The second-order valence-corrected chi connectivity index (χ2v) is 6.61. The fraction of sp³-hybridized carbons (Fsp3) is 0. The highest BCUT2D eigenvalue weighted by Crippen LogP contribution is 2.26. The highest BCUT2D eigenvalue weighted by Gasteiger charge is 2.19. The highest BCUT2D eigenvalue weighted by molar-refractivity contribution is 9.10. The Hall–Kier alpha value is -1.74. The lowest BCUT2D eigenvalue weighted by molar-refractivity contribution is 0.448. The van der Waals surface area contributed by atoms with Crippen LogP contribution in [0.2, 0.25) is 0 Å². The Morgan fingerprint density at radius 2 is 1.62 bits per heavy atom. The molecule has 0 saturated heterocycles. The van der Waals surface area contributed by atoms with Gasteiger partial charge in [-0.1, -0.05) is 15.9 Å². The van der Waals surface area contributed by atoms with Crippen LogP contribution in [0, 0.1) is 17.5 Å². The third kappa shape index (κ3) is 3.30. The Bertz CT molecular complexity index is 789. The van der Waals surface area contributed by atoms with Crippen molar-refractivity contribution in [3.05, 3.63) is 52.3 Å². The molecule has 2 aromatic carbocycles. The largest absolute Gasteiger partial charge is 0.398 e. The van der Waals surface area contributed by atoms with Crippen LogP contribution in [0.4, 0.5) is 24.5 Å². The number of hydrogen-bond acceptors (Lipinski definition) is 3. The second kappa shape index (κ2) is 5.57. The van der Waals surface area contributed by atoms with Crippen LogP contribution in [0.15, 0.2) is 39.7 Å². The summed E-state index contributed by atoms with van der Waals surface area (Å²) in [6.45, 7) is 0. The third-order valence-electron chi connectivity index (χ3n) is 2.50. The molecule has 0 amide bonds. The van der Waals surface area contributed by atoms with Crippen molar-refractivity contribution in [3.8, 4) is 0 Å². The summed E-state index contributed by atoms with van der Waals surface area (Å²) in [6.07, 6.45) is 0. The molecule has 0 aromatic heterocycles. The van der Waals surface area contributed by atoms with Crippen LogP contribution in [0.5, 0.6) is 0 Å². The van der Waals surface area contributed by atoms with E-state index in [1.165, 1.54) is 18.2 Å². The van der Waals surface area contributed by atoms with E-state index in [1.54, 1.807) is 0 Å². The molecule has 0 aliphatic carbocycles. The monoisotopic (exact) mass is 380 g/mol. The Kier molecular flexibility index (Phi) is 4.15. The van der Waals surface area contributed by atoms with E-state index in [0.29, 0.717) is 16.6 Å². The number of benzene rings is 2. The maximum atomic E-state index is 13.1. The molecule has 112 valence electrons. The van der Waals surface area contributed by atoms with Gasteiger partial charge in [-0.05, 0) is 18.2 Å². The first-order valence-corrected chi connectivity index (χ1v) is 7.71. The van der Waals surface area contributed by atoms with E-state index in [2.05, 4.69) is 15.9 Å². The van der Waals surface area contributed by atoms with Crippen molar-refractivity contribution in [2.75, 3.05) is 10.5 Å². The predicted octanol–water partition coefficient (Wildman–Crippen LogP) is 3.25. The van der Waals surface area contributed by atoms with E-state index >= 15 is 0 Å². The summed E-state index contributed by atoms with van der Waals surface area (Å²) in [6, 6.07) is 5.09. The van der Waals surface area contributed by atoms with Gasteiger partial charge in [0.2, 0.25) is 0 Å². The lowest BCUT2D eigenvalue weighted by Crippen LogP contribution is -2.15. The maximum Gasteiger partial charge on any atom is 0.263 e. The number of nitrogens with two attached hydrogens (primary N) is 1. The Morgan fingerprint density at radius 3 is 2.14 bits per heavy atom. The Balaban J connectivity index is 2.42. The maximum absolute atomic E-state index is 13.1. The molecule has 21 heavy (non-hydrogen) atoms. The molecule has 0 fully saturated rings. The minimum absolute atomic E-state index is 0.0556. The molecule has 0 saturated carbocycles. The molecule has 9 heteroatoms. The molecule has 0 unspecified atom stereocenters. The first-order valence-electron chi connectivity index (χ1n) is 5.43. The number of nitrogens with one attached hydrogen (secondary N) is 1. The topological polar surface area (TPSA) is 72.2 Å². The molecule has 0 atom stereocenters. The van der Waals surface area contributed by atoms with Crippen molar-refractivity contribution >= 4 is 37.3 Å². The molecule has 0 heterocycles. The standard InChI is InChI=1S/C12H8BrF3N2O2S/c13-6-1-2-11(10(17)3-6)21(19,20)18-7-4-8(14)12(16)9(15)5-7/h1-5,18H,17H2. The van der Waals surface area contributed by atoms with Crippen molar-refractivity contribution in [3.63, 3.8) is 0 Å². The van der Waals surface area contributed by atoms with Crippen LogP contribution in [-0.2, 0) is 10.0 Å². The van der Waals surface area contributed by atoms with E-state index < -0.39 is 33.2 Å². The van der Waals surface area contributed by atoms with Crippen LogP contribution < -0.4 is 10.5 Å². The molecule has 2 aromatic rings. The fourth-order valence-corrected chi connectivity index (χ4v) is 3.12. The number of hydrogen-bond donors (Lipinski definition) is 2. The molecule has 2 rings (SSSR count). The van der Waals surface area contributed by atoms with Gasteiger partial charge in [0, 0.05) is 16.6 Å². The van der Waals surface area contributed by atoms with Crippen LogP contribution in [-0.4, -0.2) is 8.42 Å². The fourth-order valence-electron chi connectivity index (χ4n) is 1.59. The van der Waals surface area contributed by atoms with Gasteiger partial charge in [0.1, 0.15) is 4.90 Å². The first-order chi connectivity index (χ1) is 9.70. The summed E-state index contributed by atoms with van der Waals surface area (Å²) in [5, 5.41) is 0. The Morgan fingerprint density at radius 1 is 1.05 bits per heavy atom. The van der Waals surface area contributed by atoms with Gasteiger partial charge in [-0.25, -0.2) is 21.6 Å². The molecule has 0 aliphatic heterocycles. The van der Waals surface area contributed by atoms with E-state index in [1.807, 2.05) is 4.72 Å². The lowest BCUT2D eigenvalue weighted by Gasteiger charge is -2.11. The first kappa shape index (κ1) is 15.6. The minimum atomic E-state index is -4.16. The van der Waals surface area contributed by atoms with Gasteiger partial charge in [0.05, 0.1) is 11.4 Å². The molecular weight excluding hydrogens is 373 g/mol. The summed E-state index contributed by atoms with van der Waals surface area (Å²) in [7, 11) is -4.16. The van der Waals surface area contributed by atoms with Gasteiger partial charge in [-0.2, -0.15) is 0 Å². The summed E-state index contributed by atoms with van der Waals surface area (Å²) in [5.41, 5.74) is 5.08. The average molecular weight is 381 g/mol. The second-order valence-electron chi connectivity index (χ2n) is 4.04. The van der Waals surface area contributed by atoms with E-state index in [9.17, 15) is 21.6 Å². The molecule has 0 bridgehead atoms. The number of sulfonamides is 1. The zero-order valence-corrected chi connectivity index (χ0v) is 12.6. The number of anilines is 2. The van der Waals surface area contributed by atoms with Gasteiger partial charge in [0.15, 0.2) is 17.5 Å². The van der Waals surface area contributed by atoms with Crippen molar-refractivity contribution < 1.29 is 21.6 Å². The molecule has 0 aliphatic rings. The average Bonchev–Trinajstić information content (AvgIpc) is 2.34. The smallest absolute Gasteiger partial charge is 0.263 e. The lowest BCUT2D eigenvalue weighted by atomic mass is 10.3. The van der Waals surface area contributed by atoms with Crippen molar-refractivity contribution in [2.45, 2.75) is 4.90 Å². The van der Waals surface area contributed by atoms with Crippen LogP contribution in [0.1, 0.15) is 0 Å². The van der Waals surface area contributed by atoms with Crippen LogP contribution in [0.3, 0.4) is 0 Å². The van der Waals surface area contributed by atoms with Crippen molar-refractivity contribution in [2.24, 2.45) is 0 Å². The molecule has 4 nitrogen and oxygen atoms in total. The van der Waals surface area contributed by atoms with Crippen LogP contribution >= 0.6 is 15.9 Å². The number of nitrogen functional groups attached to an aromatic ring is 1. The normalized spacial score (nSPS) is 11.4. The van der Waals surface area contributed by atoms with Gasteiger partial charge >= 0.3 is 0 Å². The number of rotatable bonds is 3. The zero-order valence-electron chi connectivity index (χ0n) is 10.2. The van der Waals surface area contributed by atoms with Crippen LogP contribution in [0.25, 0.3) is 0 Å². The third-order valence-corrected chi connectivity index (χ3v) is 4.45. The highest BCUT2D eigenvalue weighted by atomic mass is 79.9. The summed E-state index contributed by atoms with van der Waals surface area (Å²) >= 11 is 3.12. The summed E-state index contributed by atoms with van der Waals surface area (Å²) < 4.78 is 65.7. The van der Waals surface area contributed by atoms with E-state index in [-0.39, 0.29) is 10.6 Å². The molecular formula is C12H8BrF3N2O2S. The number of halogens is 4. The van der Waals surface area contributed by atoms with Crippen molar-refractivity contribution in [1.82, 2.24) is 0 Å². The predicted molar refractivity (Wildman–Crippen MR) is 75.7 cm³/mol. The molecule has 0 spiro atoms. The van der Waals surface area contributed by atoms with E-state index in [0.717, 1.165) is 0 Å². The SMILES string of the molecule is Nc1cc(Br)ccc1S(=O)(=O)Nc1cc(F)c(F)c(F)c1. The summed E-state index contributed by atoms with van der Waals surface area (Å²) in [5.74, 6) is -4.69. The molecule has 0 radical (unpaired) electrons. The Labute approximate surface area is 127 Å². The quantitative estimate of drug-likeness (QED) is 0.634. The van der Waals surface area contributed by atoms with E-state index in [4.69, 9.17) is 5.73 Å². The minimum Gasteiger partial charge on any atom is -0.398 e. The molecule has 3 N–H and O–H groups in total.